The van der Waals surface area contributed by atoms with Crippen LogP contribution in [0.4, 0.5) is 8.78 Å². The van der Waals surface area contributed by atoms with Crippen molar-refractivity contribution in [2.24, 2.45) is 5.41 Å². The maximum Gasteiger partial charge on any atom is 0.256 e. The van der Waals surface area contributed by atoms with Gasteiger partial charge in [0.1, 0.15) is 17.7 Å². The van der Waals surface area contributed by atoms with Crippen LogP contribution in [-0.4, -0.2) is 76.1 Å². The number of benzene rings is 2. The zero-order valence-electron chi connectivity index (χ0n) is 26.3. The molecule has 2 aromatic carbocycles. The van der Waals surface area contributed by atoms with E-state index >= 15 is 4.39 Å². The van der Waals surface area contributed by atoms with E-state index in [1.165, 1.54) is 40.3 Å². The monoisotopic (exact) mass is 618 g/mol. The topological polar surface area (TPSA) is 90.0 Å². The Hall–Kier alpha value is -3.92. The van der Waals surface area contributed by atoms with Crippen LogP contribution in [0.5, 0.6) is 0 Å². The number of nitrogens with one attached hydrogen (secondary N) is 1. The van der Waals surface area contributed by atoms with E-state index < -0.39 is 41.0 Å². The van der Waals surface area contributed by atoms with Gasteiger partial charge < -0.3 is 9.80 Å². The summed E-state index contributed by atoms with van der Waals surface area (Å²) in [7, 11) is 0. The average molecular weight is 619 g/mol. The van der Waals surface area contributed by atoms with Gasteiger partial charge in [-0.25, -0.2) is 8.78 Å². The van der Waals surface area contributed by atoms with Gasteiger partial charge in [0.15, 0.2) is 0 Å². The summed E-state index contributed by atoms with van der Waals surface area (Å²) in [5.74, 6) is -2.86. The van der Waals surface area contributed by atoms with E-state index in [1.807, 2.05) is 12.1 Å². The first-order chi connectivity index (χ1) is 21.2. The van der Waals surface area contributed by atoms with Crippen LogP contribution in [-0.2, 0) is 16.1 Å². The highest BCUT2D eigenvalue weighted by Gasteiger charge is 2.42. The van der Waals surface area contributed by atoms with Crippen molar-refractivity contribution in [1.82, 2.24) is 20.0 Å². The number of piperidine rings is 1. The van der Waals surface area contributed by atoms with Crippen molar-refractivity contribution in [3.8, 4) is 0 Å². The molecule has 6 rings (SSSR count). The van der Waals surface area contributed by atoms with Gasteiger partial charge in [0.2, 0.25) is 11.8 Å². The Morgan fingerprint density at radius 2 is 1.71 bits per heavy atom. The Labute approximate surface area is 262 Å². The number of hydrogen-bond donors (Lipinski definition) is 1. The first kappa shape index (κ1) is 31.1. The summed E-state index contributed by atoms with van der Waals surface area (Å²) in [5.41, 5.74) is 3.56. The molecule has 2 fully saturated rings. The quantitative estimate of drug-likeness (QED) is 0.481. The number of allylic oxidation sites excluding steroid dienone is 1. The molecular weight excluding hydrogens is 578 g/mol. The molecule has 10 heteroatoms. The maximum atomic E-state index is 15.9. The Morgan fingerprint density at radius 3 is 2.40 bits per heavy atom. The number of imide groups is 1. The summed E-state index contributed by atoms with van der Waals surface area (Å²) < 4.78 is 29.6. The van der Waals surface area contributed by atoms with E-state index in [-0.39, 0.29) is 47.3 Å². The number of nitrogens with zero attached hydrogens (tertiary/aromatic N) is 3. The lowest BCUT2D eigenvalue weighted by Gasteiger charge is -2.48. The van der Waals surface area contributed by atoms with Crippen LogP contribution in [0.15, 0.2) is 42.0 Å². The van der Waals surface area contributed by atoms with Crippen LogP contribution in [0, 0.1) is 17.0 Å². The molecule has 3 aliphatic heterocycles. The Bertz CT molecular complexity index is 1610. The van der Waals surface area contributed by atoms with E-state index in [2.05, 4.69) is 37.9 Å². The SMILES string of the molecule is CC1(C)CCC(CN2CCN(C(=O)c3ccc4c(c3F)CN(C3CCC(=O)NC3=O)C4=O)CC2(C)C)=C(c2ccc(F)cc2)C1. The van der Waals surface area contributed by atoms with Crippen molar-refractivity contribution in [3.05, 3.63) is 75.9 Å². The van der Waals surface area contributed by atoms with Crippen molar-refractivity contribution < 1.29 is 28.0 Å². The van der Waals surface area contributed by atoms with Gasteiger partial charge in [-0.3, -0.25) is 29.4 Å². The second kappa shape index (κ2) is 11.5. The van der Waals surface area contributed by atoms with Gasteiger partial charge in [-0.1, -0.05) is 31.6 Å². The molecule has 4 aliphatic rings. The number of halogens is 2. The Kier molecular flexibility index (Phi) is 7.92. The van der Waals surface area contributed by atoms with Crippen LogP contribution >= 0.6 is 0 Å². The van der Waals surface area contributed by atoms with E-state index in [1.54, 1.807) is 4.90 Å². The molecule has 2 saturated heterocycles. The van der Waals surface area contributed by atoms with Crippen LogP contribution in [0.1, 0.15) is 91.6 Å². The largest absolute Gasteiger partial charge is 0.335 e. The summed E-state index contributed by atoms with van der Waals surface area (Å²) >= 11 is 0. The molecule has 1 aliphatic carbocycles. The van der Waals surface area contributed by atoms with Crippen LogP contribution in [0.25, 0.3) is 5.57 Å². The van der Waals surface area contributed by atoms with Crippen molar-refractivity contribution in [2.75, 3.05) is 26.2 Å². The van der Waals surface area contributed by atoms with Gasteiger partial charge in [0.25, 0.3) is 11.8 Å². The molecule has 1 atom stereocenters. The summed E-state index contributed by atoms with van der Waals surface area (Å²) in [6.07, 6.45) is 3.20. The lowest BCUT2D eigenvalue weighted by Crippen LogP contribution is -2.60. The molecule has 1 unspecified atom stereocenters. The molecule has 8 nitrogen and oxygen atoms in total. The average Bonchev–Trinajstić information content (AvgIpc) is 3.31. The van der Waals surface area contributed by atoms with E-state index in [9.17, 15) is 23.6 Å². The van der Waals surface area contributed by atoms with Crippen molar-refractivity contribution in [2.45, 2.75) is 77.9 Å². The highest BCUT2D eigenvalue weighted by molar-refractivity contribution is 6.06. The molecule has 3 heterocycles. The summed E-state index contributed by atoms with van der Waals surface area (Å²) in [4.78, 5) is 56.1. The van der Waals surface area contributed by atoms with Crippen LogP contribution < -0.4 is 5.32 Å². The minimum atomic E-state index is -0.857. The van der Waals surface area contributed by atoms with Crippen molar-refractivity contribution >= 4 is 29.2 Å². The standard InChI is InChI=1S/C35H40F2N4O4/c1-34(2)14-13-22(26(17-34)21-5-7-23(36)8-6-21)18-40-16-15-39(20-35(40,3)4)32(44)25-10-9-24-27(30(25)37)19-41(33(24)45)28-11-12-29(42)38-31(28)43/h5-10,28H,11-20H2,1-4H3,(H,38,42,43). The minimum Gasteiger partial charge on any atom is -0.335 e. The predicted molar refractivity (Wildman–Crippen MR) is 165 cm³/mol. The normalized spacial score (nSPS) is 23.3. The van der Waals surface area contributed by atoms with E-state index in [4.69, 9.17) is 0 Å². The summed E-state index contributed by atoms with van der Waals surface area (Å²) in [6, 6.07) is 8.71. The number of fused-ring (bicyclic) bond motifs is 1. The fourth-order valence-electron chi connectivity index (χ4n) is 7.29. The predicted octanol–water partition coefficient (Wildman–Crippen LogP) is 4.93. The van der Waals surface area contributed by atoms with Gasteiger partial charge in [0.05, 0.1) is 12.1 Å². The molecule has 0 spiro atoms. The van der Waals surface area contributed by atoms with Gasteiger partial charge in [-0.05, 0) is 80.3 Å². The second-order valence-electron chi connectivity index (χ2n) is 14.2. The lowest BCUT2D eigenvalue weighted by atomic mass is 9.72. The van der Waals surface area contributed by atoms with Gasteiger partial charge in [-0.2, -0.15) is 0 Å². The smallest absolute Gasteiger partial charge is 0.256 e. The lowest BCUT2D eigenvalue weighted by molar-refractivity contribution is -0.136. The highest BCUT2D eigenvalue weighted by atomic mass is 19.1. The fraction of sp³-hybridized carbons (Fsp3) is 0.486. The number of rotatable bonds is 5. The number of amides is 4. The first-order valence-corrected chi connectivity index (χ1v) is 15.7. The Morgan fingerprint density at radius 1 is 0.978 bits per heavy atom. The highest BCUT2D eigenvalue weighted by Crippen LogP contribution is 2.44. The van der Waals surface area contributed by atoms with Gasteiger partial charge >= 0.3 is 0 Å². The summed E-state index contributed by atoms with van der Waals surface area (Å²) in [5, 5.41) is 2.25. The third kappa shape index (κ3) is 5.92. The molecule has 0 aromatic heterocycles. The van der Waals surface area contributed by atoms with Crippen LogP contribution in [0.3, 0.4) is 0 Å². The first-order valence-electron chi connectivity index (χ1n) is 15.7. The zero-order valence-corrected chi connectivity index (χ0v) is 26.3. The zero-order chi connectivity index (χ0) is 32.3. The Balaban J connectivity index is 1.18. The number of carbonyl (C=O) groups is 4. The number of piperazine rings is 1. The minimum absolute atomic E-state index is 0.0910. The molecule has 0 saturated carbocycles. The van der Waals surface area contributed by atoms with Gasteiger partial charge in [-0.15, -0.1) is 0 Å². The second-order valence-corrected chi connectivity index (χ2v) is 14.2. The molecule has 238 valence electrons. The van der Waals surface area contributed by atoms with Gasteiger partial charge in [0, 0.05) is 49.3 Å². The molecule has 2 aromatic rings. The number of hydrogen-bond acceptors (Lipinski definition) is 5. The molecule has 0 radical (unpaired) electrons. The molecule has 1 N–H and O–H groups in total. The molecule has 0 bridgehead atoms. The molecule has 4 amide bonds. The van der Waals surface area contributed by atoms with E-state index in [0.717, 1.165) is 31.4 Å². The van der Waals surface area contributed by atoms with Crippen molar-refractivity contribution in [3.63, 3.8) is 0 Å². The number of carbonyl (C=O) groups excluding carboxylic acids is 4. The molecule has 45 heavy (non-hydrogen) atoms. The van der Waals surface area contributed by atoms with E-state index in [0.29, 0.717) is 19.6 Å². The maximum absolute atomic E-state index is 15.9. The van der Waals surface area contributed by atoms with Crippen molar-refractivity contribution in [1.29, 1.82) is 0 Å². The third-order valence-corrected chi connectivity index (χ3v) is 10.0. The molecular formula is C35H40F2N4O4. The fourth-order valence-corrected chi connectivity index (χ4v) is 7.29. The third-order valence-electron chi connectivity index (χ3n) is 10.0. The summed E-state index contributed by atoms with van der Waals surface area (Å²) in [6.45, 7) is 10.7. The van der Waals surface area contributed by atoms with Crippen LogP contribution in [0.2, 0.25) is 0 Å².